The Kier molecular flexibility index (Phi) is 5.67. The Balaban J connectivity index is 2.04. The summed E-state index contributed by atoms with van der Waals surface area (Å²) >= 11 is 5.98. The predicted molar refractivity (Wildman–Crippen MR) is 102 cm³/mol. The topological polar surface area (TPSA) is 80.7 Å². The smallest absolute Gasteiger partial charge is 0.341 e. The molecule has 3 aromatic carbocycles. The lowest BCUT2D eigenvalue weighted by Gasteiger charge is -2.13. The normalized spacial score (nSPS) is 11.2. The highest BCUT2D eigenvalue weighted by Crippen LogP contribution is 2.35. The van der Waals surface area contributed by atoms with Crippen molar-refractivity contribution in [3.8, 4) is 16.9 Å². The third kappa shape index (κ3) is 4.16. The first-order valence-electron chi connectivity index (χ1n) is 8.03. The molecular weight excluding hydrogens is 407 g/mol. The third-order valence-electron chi connectivity index (χ3n) is 3.89. The zero-order valence-electron chi connectivity index (χ0n) is 14.3. The van der Waals surface area contributed by atoms with E-state index in [4.69, 9.17) is 21.4 Å². The highest BCUT2D eigenvalue weighted by molar-refractivity contribution is 7.91. The van der Waals surface area contributed by atoms with Gasteiger partial charge in [-0.05, 0) is 48.5 Å². The number of aliphatic carboxylic acids is 1. The van der Waals surface area contributed by atoms with Gasteiger partial charge in [-0.25, -0.2) is 17.6 Å². The molecule has 3 aromatic rings. The lowest BCUT2D eigenvalue weighted by atomic mass is 10.0. The summed E-state index contributed by atoms with van der Waals surface area (Å²) in [7, 11) is -3.88. The monoisotopic (exact) mass is 420 g/mol. The first kappa shape index (κ1) is 19.9. The molecule has 0 atom stereocenters. The first-order chi connectivity index (χ1) is 13.3. The van der Waals surface area contributed by atoms with E-state index in [-0.39, 0.29) is 31.7 Å². The molecule has 0 spiro atoms. The molecule has 0 aliphatic heterocycles. The summed E-state index contributed by atoms with van der Waals surface area (Å²) in [6.07, 6.45) is 0. The summed E-state index contributed by atoms with van der Waals surface area (Å²) in [6.45, 7) is -0.614. The summed E-state index contributed by atoms with van der Waals surface area (Å²) in [6, 6.07) is 15.5. The van der Waals surface area contributed by atoms with E-state index in [2.05, 4.69) is 0 Å². The highest BCUT2D eigenvalue weighted by Gasteiger charge is 2.20. The van der Waals surface area contributed by atoms with Crippen LogP contribution in [0.1, 0.15) is 0 Å². The average Bonchev–Trinajstić information content (AvgIpc) is 2.67. The quantitative estimate of drug-likeness (QED) is 0.637. The number of carboxylic acid groups (broad SMARTS) is 1. The molecule has 0 saturated carbocycles. The number of hydrogen-bond acceptors (Lipinski definition) is 4. The van der Waals surface area contributed by atoms with Crippen LogP contribution in [0.15, 0.2) is 76.5 Å². The van der Waals surface area contributed by atoms with E-state index < -0.39 is 28.2 Å². The number of halogens is 2. The second-order valence-corrected chi connectivity index (χ2v) is 8.17. The van der Waals surface area contributed by atoms with Crippen LogP contribution in [-0.4, -0.2) is 26.1 Å². The Morgan fingerprint density at radius 1 is 0.964 bits per heavy atom. The van der Waals surface area contributed by atoms with E-state index in [1.165, 1.54) is 42.5 Å². The molecule has 1 N–H and O–H groups in total. The summed E-state index contributed by atoms with van der Waals surface area (Å²) in [5.41, 5.74) is 0.254. The van der Waals surface area contributed by atoms with Gasteiger partial charge in [0, 0.05) is 16.1 Å². The number of sulfone groups is 1. The second-order valence-electron chi connectivity index (χ2n) is 5.78. The molecule has 0 bridgehead atoms. The fourth-order valence-corrected chi connectivity index (χ4v) is 4.06. The molecule has 0 aliphatic carbocycles. The number of ether oxygens (including phenoxy) is 1. The number of carbonyl (C=O) groups is 1. The fraction of sp³-hybridized carbons (Fsp3) is 0.0500. The number of benzene rings is 3. The summed E-state index contributed by atoms with van der Waals surface area (Å²) in [4.78, 5) is 10.6. The Bertz CT molecular complexity index is 1130. The van der Waals surface area contributed by atoms with Gasteiger partial charge in [0.2, 0.25) is 9.84 Å². The van der Waals surface area contributed by atoms with Crippen LogP contribution < -0.4 is 4.74 Å². The molecule has 0 amide bonds. The maximum atomic E-state index is 14.8. The van der Waals surface area contributed by atoms with Crippen LogP contribution in [0.2, 0.25) is 5.02 Å². The zero-order valence-corrected chi connectivity index (χ0v) is 15.9. The van der Waals surface area contributed by atoms with Crippen molar-refractivity contribution in [1.29, 1.82) is 0 Å². The molecule has 28 heavy (non-hydrogen) atoms. The maximum Gasteiger partial charge on any atom is 0.341 e. The molecule has 0 aromatic heterocycles. The van der Waals surface area contributed by atoms with Gasteiger partial charge in [-0.15, -0.1) is 0 Å². The van der Waals surface area contributed by atoms with Gasteiger partial charge in [0.1, 0.15) is 11.6 Å². The van der Waals surface area contributed by atoms with E-state index >= 15 is 0 Å². The van der Waals surface area contributed by atoms with Crippen molar-refractivity contribution in [1.82, 2.24) is 0 Å². The van der Waals surface area contributed by atoms with Crippen LogP contribution >= 0.6 is 11.6 Å². The van der Waals surface area contributed by atoms with Gasteiger partial charge in [0.25, 0.3) is 0 Å². The van der Waals surface area contributed by atoms with Gasteiger partial charge >= 0.3 is 5.97 Å². The maximum absolute atomic E-state index is 14.8. The second kappa shape index (κ2) is 8.00. The van der Waals surface area contributed by atoms with Crippen molar-refractivity contribution < 1.29 is 27.4 Å². The molecule has 0 fully saturated rings. The highest BCUT2D eigenvalue weighted by atomic mass is 35.5. The van der Waals surface area contributed by atoms with Crippen molar-refractivity contribution in [2.24, 2.45) is 0 Å². The van der Waals surface area contributed by atoms with Crippen LogP contribution in [0.5, 0.6) is 5.75 Å². The third-order valence-corrected chi connectivity index (χ3v) is 5.89. The molecule has 0 saturated heterocycles. The van der Waals surface area contributed by atoms with Crippen LogP contribution in [0.4, 0.5) is 4.39 Å². The standard InChI is InChI=1S/C20H14ClFO5S/c21-13-6-9-19(27-12-20(23)24)17(10-13)16-8-7-15(11-18(16)22)28(25,26)14-4-2-1-3-5-14/h1-11H,12H2,(H,23,24). The molecule has 0 aliphatic rings. The van der Waals surface area contributed by atoms with Crippen molar-refractivity contribution in [2.45, 2.75) is 9.79 Å². The van der Waals surface area contributed by atoms with E-state index in [0.717, 1.165) is 6.07 Å². The number of hydrogen-bond donors (Lipinski definition) is 1. The van der Waals surface area contributed by atoms with Crippen molar-refractivity contribution in [3.63, 3.8) is 0 Å². The van der Waals surface area contributed by atoms with Gasteiger partial charge in [0.05, 0.1) is 9.79 Å². The molecule has 0 radical (unpaired) electrons. The van der Waals surface area contributed by atoms with Gasteiger partial charge in [-0.2, -0.15) is 0 Å². The van der Waals surface area contributed by atoms with Crippen LogP contribution in [-0.2, 0) is 14.6 Å². The summed E-state index contributed by atoms with van der Waals surface area (Å²) in [5.74, 6) is -1.88. The minimum Gasteiger partial charge on any atom is -0.481 e. The van der Waals surface area contributed by atoms with Gasteiger partial charge in [-0.3, -0.25) is 0 Å². The Labute approximate surface area is 165 Å². The van der Waals surface area contributed by atoms with Gasteiger partial charge in [0.15, 0.2) is 6.61 Å². The molecule has 8 heteroatoms. The van der Waals surface area contributed by atoms with E-state index in [1.807, 2.05) is 0 Å². The molecule has 5 nitrogen and oxygen atoms in total. The van der Waals surface area contributed by atoms with Crippen LogP contribution in [0.25, 0.3) is 11.1 Å². The molecule has 0 heterocycles. The molecule has 144 valence electrons. The Morgan fingerprint density at radius 3 is 2.32 bits per heavy atom. The SMILES string of the molecule is O=C(O)COc1ccc(Cl)cc1-c1ccc(S(=O)(=O)c2ccccc2)cc1F. The Hall–Kier alpha value is -2.90. The predicted octanol–water partition coefficient (Wildman–Crippen LogP) is 4.44. The van der Waals surface area contributed by atoms with Crippen LogP contribution in [0, 0.1) is 5.82 Å². The van der Waals surface area contributed by atoms with Crippen molar-refractivity contribution in [3.05, 3.63) is 77.6 Å². The fourth-order valence-electron chi connectivity index (χ4n) is 2.60. The van der Waals surface area contributed by atoms with Gasteiger partial charge < -0.3 is 9.84 Å². The van der Waals surface area contributed by atoms with E-state index in [0.29, 0.717) is 0 Å². The van der Waals surface area contributed by atoms with E-state index in [9.17, 15) is 17.6 Å². The average molecular weight is 421 g/mol. The van der Waals surface area contributed by atoms with Crippen molar-refractivity contribution in [2.75, 3.05) is 6.61 Å². The molecule has 0 unspecified atom stereocenters. The first-order valence-corrected chi connectivity index (χ1v) is 9.89. The minimum atomic E-state index is -3.88. The molecular formula is C20H14ClFO5S. The van der Waals surface area contributed by atoms with Gasteiger partial charge in [-0.1, -0.05) is 29.8 Å². The Morgan fingerprint density at radius 2 is 1.68 bits per heavy atom. The lowest BCUT2D eigenvalue weighted by Crippen LogP contribution is -2.10. The lowest BCUT2D eigenvalue weighted by molar-refractivity contribution is -0.139. The number of rotatable bonds is 6. The zero-order chi connectivity index (χ0) is 20.3. The summed E-state index contributed by atoms with van der Waals surface area (Å²) < 4.78 is 45.3. The van der Waals surface area contributed by atoms with Crippen LogP contribution in [0.3, 0.4) is 0 Å². The summed E-state index contributed by atoms with van der Waals surface area (Å²) in [5, 5.41) is 9.08. The largest absolute Gasteiger partial charge is 0.481 e. The molecule has 3 rings (SSSR count). The van der Waals surface area contributed by atoms with Crippen molar-refractivity contribution >= 4 is 27.4 Å². The minimum absolute atomic E-state index is 0.0369. The number of carboxylic acids is 1. The van der Waals surface area contributed by atoms with E-state index in [1.54, 1.807) is 18.2 Å².